The molecule has 1 fully saturated rings. The molecule has 1 saturated heterocycles. The van der Waals surface area contributed by atoms with Crippen LogP contribution in [0.1, 0.15) is 23.2 Å². The molecule has 130 valence electrons. The first kappa shape index (κ1) is 16.0. The summed E-state index contributed by atoms with van der Waals surface area (Å²) >= 11 is 0. The zero-order valence-corrected chi connectivity index (χ0v) is 13.4. The fraction of sp³-hybridized carbons (Fsp3) is 0.333. The number of nitro benzene ring substituents is 1. The average Bonchev–Trinajstić information content (AvgIpc) is 3.07. The largest absolute Gasteiger partial charge is 0.493 e. The number of fused-ring (bicyclic) bond motifs is 3. The van der Waals surface area contributed by atoms with E-state index in [-0.39, 0.29) is 30.3 Å². The molecule has 0 amide bonds. The number of hydrogen-bond acceptors (Lipinski definition) is 6. The van der Waals surface area contributed by atoms with E-state index >= 15 is 0 Å². The third-order valence-electron chi connectivity index (χ3n) is 4.80. The predicted octanol–water partition coefficient (Wildman–Crippen LogP) is 2.63. The van der Waals surface area contributed by atoms with Gasteiger partial charge in [0.15, 0.2) is 0 Å². The summed E-state index contributed by atoms with van der Waals surface area (Å²) in [6, 6.07) is 13.7. The second kappa shape index (κ2) is 6.44. The van der Waals surface area contributed by atoms with Crippen LogP contribution in [0.2, 0.25) is 0 Å². The molecule has 2 heterocycles. The summed E-state index contributed by atoms with van der Waals surface area (Å²) in [5.41, 5.74) is 1.69. The Bertz CT molecular complexity index is 782. The van der Waals surface area contributed by atoms with Gasteiger partial charge in [0.1, 0.15) is 5.75 Å². The van der Waals surface area contributed by atoms with Crippen LogP contribution in [0.5, 0.6) is 5.75 Å². The summed E-state index contributed by atoms with van der Waals surface area (Å²) in [7, 11) is 0. The van der Waals surface area contributed by atoms with Crippen molar-refractivity contribution in [3.05, 3.63) is 69.8 Å². The molecule has 0 spiro atoms. The minimum atomic E-state index is -0.412. The molecule has 0 aromatic heterocycles. The van der Waals surface area contributed by atoms with Crippen LogP contribution in [-0.2, 0) is 4.84 Å². The summed E-state index contributed by atoms with van der Waals surface area (Å²) in [6.45, 7) is 0.827. The maximum Gasteiger partial charge on any atom is 0.270 e. The highest BCUT2D eigenvalue weighted by atomic mass is 16.7. The van der Waals surface area contributed by atoms with Crippen molar-refractivity contribution in [2.75, 3.05) is 19.8 Å². The van der Waals surface area contributed by atoms with Gasteiger partial charge in [-0.2, -0.15) is 5.06 Å². The Hall–Kier alpha value is -2.48. The molecule has 3 atom stereocenters. The Kier molecular flexibility index (Phi) is 4.12. The highest BCUT2D eigenvalue weighted by molar-refractivity contribution is 5.47. The minimum absolute atomic E-state index is 0.0232. The lowest BCUT2D eigenvalue weighted by Gasteiger charge is -2.35. The van der Waals surface area contributed by atoms with Crippen LogP contribution in [0.25, 0.3) is 0 Å². The SMILES string of the molecule is O=[N+]([O-])c1ccc2c(c1)[C@H]1[C@@H](CO2)CON1[C@@H](CO)c1ccccc1. The molecule has 4 rings (SSSR count). The Morgan fingerprint density at radius 3 is 2.76 bits per heavy atom. The van der Waals surface area contributed by atoms with E-state index in [0.717, 1.165) is 11.1 Å². The number of hydroxylamine groups is 2. The Labute approximate surface area is 144 Å². The lowest BCUT2D eigenvalue weighted by molar-refractivity contribution is -0.385. The van der Waals surface area contributed by atoms with Crippen molar-refractivity contribution >= 4 is 5.69 Å². The summed E-state index contributed by atoms with van der Waals surface area (Å²) in [4.78, 5) is 16.6. The molecule has 7 heteroatoms. The monoisotopic (exact) mass is 342 g/mol. The first-order valence-electron chi connectivity index (χ1n) is 8.17. The number of nitrogens with zero attached hydrogens (tertiary/aromatic N) is 2. The molecule has 0 radical (unpaired) electrons. The lowest BCUT2D eigenvalue weighted by atomic mass is 9.90. The molecule has 1 N–H and O–H groups in total. The topological polar surface area (TPSA) is 85.1 Å². The van der Waals surface area contributed by atoms with Crippen LogP contribution in [0.4, 0.5) is 5.69 Å². The van der Waals surface area contributed by atoms with E-state index < -0.39 is 4.92 Å². The Morgan fingerprint density at radius 2 is 2.04 bits per heavy atom. The Morgan fingerprint density at radius 1 is 1.24 bits per heavy atom. The van der Waals surface area contributed by atoms with Crippen LogP contribution in [-0.4, -0.2) is 34.9 Å². The van der Waals surface area contributed by atoms with Crippen LogP contribution in [0.15, 0.2) is 48.5 Å². The number of hydrogen-bond donors (Lipinski definition) is 1. The standard InChI is InChI=1S/C18H18N2O5/c21-9-16(12-4-2-1-3-5-12)19-18-13(11-25-19)10-24-17-7-6-14(20(22)23)8-15(17)18/h1-8,13,16,18,21H,9-11H2/t13-,16-,18+/m0/s1. The van der Waals surface area contributed by atoms with Crippen molar-refractivity contribution in [2.24, 2.45) is 5.92 Å². The van der Waals surface area contributed by atoms with Gasteiger partial charge in [-0.25, -0.2) is 0 Å². The van der Waals surface area contributed by atoms with E-state index in [1.807, 2.05) is 30.3 Å². The highest BCUT2D eigenvalue weighted by Gasteiger charge is 2.45. The Balaban J connectivity index is 1.74. The van der Waals surface area contributed by atoms with Crippen molar-refractivity contribution in [3.63, 3.8) is 0 Å². The molecule has 2 aromatic carbocycles. The molecular weight excluding hydrogens is 324 g/mol. The van der Waals surface area contributed by atoms with Crippen molar-refractivity contribution in [3.8, 4) is 5.75 Å². The van der Waals surface area contributed by atoms with E-state index in [0.29, 0.717) is 19.0 Å². The zero-order chi connectivity index (χ0) is 17.4. The smallest absolute Gasteiger partial charge is 0.270 e. The predicted molar refractivity (Wildman–Crippen MR) is 88.9 cm³/mol. The molecule has 0 bridgehead atoms. The summed E-state index contributed by atoms with van der Waals surface area (Å²) in [5.74, 6) is 0.694. The van der Waals surface area contributed by atoms with Crippen molar-refractivity contribution in [1.82, 2.24) is 5.06 Å². The average molecular weight is 342 g/mol. The highest BCUT2D eigenvalue weighted by Crippen LogP contribution is 2.47. The summed E-state index contributed by atoms with van der Waals surface area (Å²) in [5, 5.41) is 22.9. The minimum Gasteiger partial charge on any atom is -0.493 e. The van der Waals surface area contributed by atoms with Crippen molar-refractivity contribution < 1.29 is 19.6 Å². The van der Waals surface area contributed by atoms with Crippen LogP contribution >= 0.6 is 0 Å². The van der Waals surface area contributed by atoms with E-state index in [1.54, 1.807) is 17.2 Å². The maximum atomic E-state index is 11.2. The van der Waals surface area contributed by atoms with Crippen molar-refractivity contribution in [1.29, 1.82) is 0 Å². The van der Waals surface area contributed by atoms with Gasteiger partial charge in [-0.15, -0.1) is 0 Å². The first-order valence-corrected chi connectivity index (χ1v) is 8.17. The molecule has 25 heavy (non-hydrogen) atoms. The van der Waals surface area contributed by atoms with Gasteiger partial charge in [0, 0.05) is 23.6 Å². The maximum absolute atomic E-state index is 11.2. The molecule has 0 unspecified atom stereocenters. The number of non-ortho nitro benzene ring substituents is 1. The summed E-state index contributed by atoms with van der Waals surface area (Å²) < 4.78 is 5.75. The normalized spacial score (nSPS) is 23.4. The van der Waals surface area contributed by atoms with E-state index in [2.05, 4.69) is 0 Å². The fourth-order valence-electron chi connectivity index (χ4n) is 3.59. The van der Waals surface area contributed by atoms with Crippen LogP contribution < -0.4 is 4.74 Å². The summed E-state index contributed by atoms with van der Waals surface area (Å²) in [6.07, 6.45) is 0. The van der Waals surface area contributed by atoms with Gasteiger partial charge >= 0.3 is 0 Å². The van der Waals surface area contributed by atoms with E-state index in [9.17, 15) is 15.2 Å². The number of ether oxygens (including phenoxy) is 1. The molecule has 2 aromatic rings. The van der Waals surface area contributed by atoms with Gasteiger partial charge in [-0.3, -0.25) is 15.0 Å². The van der Waals surface area contributed by atoms with E-state index in [4.69, 9.17) is 9.57 Å². The molecule has 0 saturated carbocycles. The van der Waals surface area contributed by atoms with Gasteiger partial charge in [0.2, 0.25) is 0 Å². The van der Waals surface area contributed by atoms with Gasteiger partial charge in [-0.05, 0) is 11.6 Å². The van der Waals surface area contributed by atoms with Gasteiger partial charge in [0.05, 0.1) is 36.8 Å². The number of rotatable bonds is 4. The number of benzene rings is 2. The zero-order valence-electron chi connectivity index (χ0n) is 13.4. The van der Waals surface area contributed by atoms with Gasteiger partial charge < -0.3 is 9.84 Å². The third-order valence-corrected chi connectivity index (χ3v) is 4.80. The molecule has 2 aliphatic heterocycles. The molecular formula is C18H18N2O5. The molecule has 0 aliphatic carbocycles. The van der Waals surface area contributed by atoms with Crippen LogP contribution in [0, 0.1) is 16.0 Å². The molecule has 7 nitrogen and oxygen atoms in total. The van der Waals surface area contributed by atoms with Gasteiger partial charge in [-0.1, -0.05) is 30.3 Å². The first-order chi connectivity index (χ1) is 12.2. The second-order valence-electron chi connectivity index (χ2n) is 6.26. The number of aliphatic hydroxyl groups excluding tert-OH is 1. The second-order valence-corrected chi connectivity index (χ2v) is 6.26. The molecule has 2 aliphatic rings. The quantitative estimate of drug-likeness (QED) is 0.679. The number of aliphatic hydroxyl groups is 1. The lowest BCUT2D eigenvalue weighted by Crippen LogP contribution is -2.35. The number of nitro groups is 1. The van der Waals surface area contributed by atoms with Crippen molar-refractivity contribution in [2.45, 2.75) is 12.1 Å². The fourth-order valence-corrected chi connectivity index (χ4v) is 3.59. The van der Waals surface area contributed by atoms with Gasteiger partial charge in [0.25, 0.3) is 5.69 Å². The van der Waals surface area contributed by atoms with E-state index in [1.165, 1.54) is 6.07 Å². The van der Waals surface area contributed by atoms with Crippen LogP contribution in [0.3, 0.4) is 0 Å². The third kappa shape index (κ3) is 2.76.